The molecule has 0 radical (unpaired) electrons. The summed E-state index contributed by atoms with van der Waals surface area (Å²) in [6.07, 6.45) is 2.24. The molecule has 3 heterocycles. The van der Waals surface area contributed by atoms with Crippen molar-refractivity contribution in [2.24, 2.45) is 4.99 Å². The number of fused-ring (bicyclic) bond motifs is 2. The van der Waals surface area contributed by atoms with Gasteiger partial charge in [-0.05, 0) is 56.2 Å². The number of amides is 1. The van der Waals surface area contributed by atoms with Crippen LogP contribution in [0.15, 0.2) is 52.4 Å². The van der Waals surface area contributed by atoms with E-state index in [0.29, 0.717) is 29.3 Å². The first kappa shape index (κ1) is 24.6. The Morgan fingerprint density at radius 2 is 1.86 bits per heavy atom. The van der Waals surface area contributed by atoms with Crippen LogP contribution in [-0.2, 0) is 11.3 Å². The van der Waals surface area contributed by atoms with Crippen LogP contribution in [0.4, 0.5) is 0 Å². The molecular formula is C25H22Cl2N4O4. The second-order valence-electron chi connectivity index (χ2n) is 7.83. The number of esters is 1. The van der Waals surface area contributed by atoms with Gasteiger partial charge in [0.15, 0.2) is 5.49 Å². The Hall–Kier alpha value is -3.49. The van der Waals surface area contributed by atoms with E-state index in [9.17, 15) is 14.4 Å². The molecule has 8 nitrogen and oxygen atoms in total. The Kier molecular flexibility index (Phi) is 7.05. The Bertz CT molecular complexity index is 1620. The highest BCUT2D eigenvalue weighted by molar-refractivity contribution is 6.36. The van der Waals surface area contributed by atoms with Gasteiger partial charge in [-0.3, -0.25) is 14.0 Å². The van der Waals surface area contributed by atoms with E-state index in [1.807, 2.05) is 19.9 Å². The van der Waals surface area contributed by atoms with Crippen LogP contribution in [0.5, 0.6) is 0 Å². The highest BCUT2D eigenvalue weighted by Gasteiger charge is 2.21. The second-order valence-corrected chi connectivity index (χ2v) is 8.68. The van der Waals surface area contributed by atoms with Gasteiger partial charge in [0.25, 0.3) is 11.5 Å². The molecule has 0 spiro atoms. The molecule has 0 saturated heterocycles. The van der Waals surface area contributed by atoms with E-state index in [4.69, 9.17) is 32.9 Å². The number of nitrogens with zero attached hydrogens (tertiary/aromatic N) is 4. The third-order valence-electron chi connectivity index (χ3n) is 5.42. The van der Waals surface area contributed by atoms with Crippen LogP contribution in [0.3, 0.4) is 0 Å². The van der Waals surface area contributed by atoms with Crippen LogP contribution in [-0.4, -0.2) is 32.4 Å². The highest BCUT2D eigenvalue weighted by atomic mass is 35.5. The van der Waals surface area contributed by atoms with Gasteiger partial charge in [0.2, 0.25) is 0 Å². The molecule has 0 aliphatic carbocycles. The zero-order valence-corrected chi connectivity index (χ0v) is 20.9. The van der Waals surface area contributed by atoms with Gasteiger partial charge < -0.3 is 9.30 Å². The summed E-state index contributed by atoms with van der Waals surface area (Å²) in [5, 5.41) is 0.711. The van der Waals surface area contributed by atoms with E-state index < -0.39 is 11.9 Å². The fourth-order valence-corrected chi connectivity index (χ4v) is 4.31. The summed E-state index contributed by atoms with van der Waals surface area (Å²) >= 11 is 12.2. The quantitative estimate of drug-likeness (QED) is 0.287. The number of rotatable bonds is 5. The second kappa shape index (κ2) is 10.0. The summed E-state index contributed by atoms with van der Waals surface area (Å²) < 4.78 is 8.26. The molecular weight excluding hydrogens is 491 g/mol. The van der Waals surface area contributed by atoms with E-state index in [0.717, 1.165) is 5.56 Å². The number of benzene rings is 1. The molecule has 0 N–H and O–H groups in total. The van der Waals surface area contributed by atoms with Crippen molar-refractivity contribution < 1.29 is 14.3 Å². The van der Waals surface area contributed by atoms with Gasteiger partial charge >= 0.3 is 5.97 Å². The summed E-state index contributed by atoms with van der Waals surface area (Å²) in [4.78, 5) is 48.5. The Morgan fingerprint density at radius 3 is 2.54 bits per heavy atom. The molecule has 1 amide bonds. The van der Waals surface area contributed by atoms with Crippen LogP contribution < -0.4 is 11.0 Å². The van der Waals surface area contributed by atoms with E-state index in [2.05, 4.69) is 4.99 Å². The molecule has 0 saturated carbocycles. The number of carbonyl (C=O) groups excluding carboxylic acids is 2. The molecule has 0 aliphatic rings. The number of aromatic nitrogens is 3. The minimum atomic E-state index is -0.707. The lowest BCUT2D eigenvalue weighted by molar-refractivity contribution is 0.0523. The fraction of sp³-hybridized carbons (Fsp3) is 0.240. The van der Waals surface area contributed by atoms with Crippen molar-refractivity contribution in [1.29, 1.82) is 0 Å². The minimum Gasteiger partial charge on any atom is -0.462 e. The topological polar surface area (TPSA) is 95.0 Å². The zero-order chi connectivity index (χ0) is 25.3. The van der Waals surface area contributed by atoms with Crippen LogP contribution in [0.25, 0.3) is 16.7 Å². The molecule has 180 valence electrons. The Morgan fingerprint density at radius 1 is 1.09 bits per heavy atom. The molecule has 0 atom stereocenters. The predicted octanol–water partition coefficient (Wildman–Crippen LogP) is 4.59. The van der Waals surface area contributed by atoms with E-state index >= 15 is 0 Å². The van der Waals surface area contributed by atoms with Crippen molar-refractivity contribution in [3.8, 4) is 0 Å². The van der Waals surface area contributed by atoms with Gasteiger partial charge in [0.05, 0.1) is 22.6 Å². The number of pyridine rings is 2. The first-order valence-electron chi connectivity index (χ1n) is 11.0. The van der Waals surface area contributed by atoms with Crippen molar-refractivity contribution in [3.05, 3.63) is 85.2 Å². The SMILES string of the molecule is CCCn1c(=NC(=O)c2ccc(Cl)cc2Cl)c(C(=O)OCC)cc2c(=O)n3cccc(C)c3nc21. The lowest BCUT2D eigenvalue weighted by Gasteiger charge is -2.15. The van der Waals surface area contributed by atoms with Crippen molar-refractivity contribution >= 4 is 51.8 Å². The van der Waals surface area contributed by atoms with Crippen molar-refractivity contribution in [2.75, 3.05) is 6.61 Å². The molecule has 0 unspecified atom stereocenters. The average Bonchev–Trinajstić information content (AvgIpc) is 2.81. The molecule has 1 aromatic carbocycles. The maximum absolute atomic E-state index is 13.4. The lowest BCUT2D eigenvalue weighted by atomic mass is 10.2. The van der Waals surface area contributed by atoms with Crippen LogP contribution >= 0.6 is 23.2 Å². The number of carbonyl (C=O) groups is 2. The highest BCUT2D eigenvalue weighted by Crippen LogP contribution is 2.22. The maximum atomic E-state index is 13.4. The monoisotopic (exact) mass is 512 g/mol. The number of halogens is 2. The third-order valence-corrected chi connectivity index (χ3v) is 5.96. The Labute approximate surface area is 210 Å². The van der Waals surface area contributed by atoms with Gasteiger partial charge in [0, 0.05) is 17.8 Å². The molecule has 10 heteroatoms. The first-order valence-corrected chi connectivity index (χ1v) is 11.8. The molecule has 0 fully saturated rings. The third kappa shape index (κ3) is 4.59. The summed E-state index contributed by atoms with van der Waals surface area (Å²) in [5.74, 6) is -1.38. The standard InChI is InChI=1S/C25H22Cl2N4O4/c1-4-10-30-21-17(24(33)31-11-6-7-14(3)20(31)28-21)13-18(25(34)35-5-2)22(30)29-23(32)16-9-8-15(26)12-19(16)27/h6-9,11-13H,4-5,10H2,1-3H3. The first-order chi connectivity index (χ1) is 16.8. The summed E-state index contributed by atoms with van der Waals surface area (Å²) in [7, 11) is 0. The number of aryl methyl sites for hydroxylation is 2. The minimum absolute atomic E-state index is 0.0160. The van der Waals surface area contributed by atoms with Gasteiger partial charge in [-0.1, -0.05) is 36.2 Å². The van der Waals surface area contributed by atoms with Gasteiger partial charge in [-0.15, -0.1) is 0 Å². The zero-order valence-electron chi connectivity index (χ0n) is 19.3. The van der Waals surface area contributed by atoms with Crippen molar-refractivity contribution in [2.45, 2.75) is 33.7 Å². The smallest absolute Gasteiger partial charge is 0.341 e. The summed E-state index contributed by atoms with van der Waals surface area (Å²) in [5.41, 5.74) is 1.38. The van der Waals surface area contributed by atoms with E-state index in [1.54, 1.807) is 23.8 Å². The molecule has 4 aromatic rings. The normalized spacial score (nSPS) is 11.9. The molecule has 3 aromatic heterocycles. The molecule has 0 bridgehead atoms. The van der Waals surface area contributed by atoms with E-state index in [1.165, 1.54) is 28.7 Å². The largest absolute Gasteiger partial charge is 0.462 e. The van der Waals surface area contributed by atoms with Gasteiger partial charge in [-0.2, -0.15) is 4.99 Å². The number of hydrogen-bond acceptors (Lipinski definition) is 5. The van der Waals surface area contributed by atoms with Crippen molar-refractivity contribution in [3.63, 3.8) is 0 Å². The van der Waals surface area contributed by atoms with Crippen LogP contribution in [0.2, 0.25) is 10.0 Å². The summed E-state index contributed by atoms with van der Waals surface area (Å²) in [6.45, 7) is 5.90. The van der Waals surface area contributed by atoms with Crippen LogP contribution in [0.1, 0.15) is 46.5 Å². The predicted molar refractivity (Wildman–Crippen MR) is 134 cm³/mol. The van der Waals surface area contributed by atoms with E-state index in [-0.39, 0.29) is 39.2 Å². The molecule has 35 heavy (non-hydrogen) atoms. The van der Waals surface area contributed by atoms with Gasteiger partial charge in [-0.25, -0.2) is 9.78 Å². The molecule has 0 aliphatic heterocycles. The summed E-state index contributed by atoms with van der Waals surface area (Å²) in [6, 6.07) is 9.42. The average molecular weight is 513 g/mol. The fourth-order valence-electron chi connectivity index (χ4n) is 3.82. The maximum Gasteiger partial charge on any atom is 0.341 e. The lowest BCUT2D eigenvalue weighted by Crippen LogP contribution is -2.33. The van der Waals surface area contributed by atoms with Gasteiger partial charge in [0.1, 0.15) is 16.9 Å². The number of ether oxygens (including phenoxy) is 1. The molecule has 4 rings (SSSR count). The van der Waals surface area contributed by atoms with Crippen molar-refractivity contribution in [1.82, 2.24) is 14.0 Å². The number of hydrogen-bond donors (Lipinski definition) is 0. The van der Waals surface area contributed by atoms with Crippen LogP contribution in [0, 0.1) is 6.92 Å². The Balaban J connectivity index is 2.14.